The minimum atomic E-state index is -0.766. The van der Waals surface area contributed by atoms with Crippen LogP contribution < -0.4 is 5.56 Å². The Kier molecular flexibility index (Phi) is 3.04. The molecule has 0 aliphatic heterocycles. The van der Waals surface area contributed by atoms with E-state index in [9.17, 15) is 9.18 Å². The van der Waals surface area contributed by atoms with E-state index in [1.54, 1.807) is 0 Å². The van der Waals surface area contributed by atoms with Crippen molar-refractivity contribution in [3.8, 4) is 0 Å². The third-order valence-electron chi connectivity index (χ3n) is 3.83. The molecule has 104 valence electrons. The number of H-pyrrole nitrogens is 1. The molecule has 1 N–H and O–H groups in total. The molecule has 4 nitrogen and oxygen atoms in total. The van der Waals surface area contributed by atoms with Crippen LogP contribution in [0.4, 0.5) is 4.39 Å². The first-order valence-corrected chi connectivity index (χ1v) is 6.75. The van der Waals surface area contributed by atoms with Crippen molar-refractivity contribution in [3.63, 3.8) is 0 Å². The molecule has 20 heavy (non-hydrogen) atoms. The van der Waals surface area contributed by atoms with E-state index < -0.39 is 6.67 Å². The lowest BCUT2D eigenvalue weighted by molar-refractivity contribution is 0.472. The highest BCUT2D eigenvalue weighted by Crippen LogP contribution is 2.22. The Morgan fingerprint density at radius 2 is 2.15 bits per heavy atom. The third-order valence-corrected chi connectivity index (χ3v) is 3.83. The lowest BCUT2D eigenvalue weighted by atomic mass is 10.0. The van der Waals surface area contributed by atoms with Crippen LogP contribution in [0.3, 0.4) is 0 Å². The van der Waals surface area contributed by atoms with Crippen molar-refractivity contribution in [3.05, 3.63) is 45.9 Å². The molecule has 0 saturated heterocycles. The first-order chi connectivity index (χ1) is 9.67. The van der Waals surface area contributed by atoms with E-state index >= 15 is 0 Å². The quantitative estimate of drug-likeness (QED) is 0.797. The van der Waals surface area contributed by atoms with E-state index in [1.807, 2.05) is 38.1 Å². The minimum Gasteiger partial charge on any atom is -0.328 e. The summed E-state index contributed by atoms with van der Waals surface area (Å²) < 4.78 is 14.8. The molecule has 0 spiro atoms. The van der Waals surface area contributed by atoms with Crippen LogP contribution in [0.25, 0.3) is 16.8 Å². The number of aromatic amines is 1. The average molecular weight is 273 g/mol. The summed E-state index contributed by atoms with van der Waals surface area (Å²) in [6.45, 7) is 3.22. The molecule has 3 rings (SSSR count). The smallest absolute Gasteiger partial charge is 0.265 e. The first kappa shape index (κ1) is 12.8. The third kappa shape index (κ3) is 1.73. The number of benzene rings is 1. The van der Waals surface area contributed by atoms with Gasteiger partial charge < -0.3 is 4.98 Å². The average Bonchev–Trinajstić information content (AvgIpc) is 2.84. The fourth-order valence-corrected chi connectivity index (χ4v) is 2.52. The second kappa shape index (κ2) is 4.74. The van der Waals surface area contributed by atoms with Gasteiger partial charge in [0.25, 0.3) is 5.56 Å². The second-order valence-corrected chi connectivity index (χ2v) is 5.02. The monoisotopic (exact) mass is 273 g/mol. The predicted molar refractivity (Wildman–Crippen MR) is 76.8 cm³/mol. The lowest BCUT2D eigenvalue weighted by Crippen LogP contribution is -2.22. The van der Waals surface area contributed by atoms with Gasteiger partial charge in [-0.15, -0.1) is 0 Å². The number of fused-ring (bicyclic) bond motifs is 3. The van der Waals surface area contributed by atoms with E-state index in [2.05, 4.69) is 9.97 Å². The lowest BCUT2D eigenvalue weighted by Gasteiger charge is -2.13. The van der Waals surface area contributed by atoms with E-state index in [-0.39, 0.29) is 17.0 Å². The molecule has 0 aliphatic rings. The number of hydrogen-bond donors (Lipinski definition) is 1. The number of halogens is 1. The zero-order chi connectivity index (χ0) is 14.3. The summed E-state index contributed by atoms with van der Waals surface area (Å²) in [7, 11) is 0. The first-order valence-electron chi connectivity index (χ1n) is 6.75. The summed E-state index contributed by atoms with van der Waals surface area (Å²) in [4.78, 5) is 20.1. The minimum absolute atomic E-state index is 0.0956. The van der Waals surface area contributed by atoms with Crippen LogP contribution in [0, 0.1) is 0 Å². The number of hydrogen-bond acceptors (Lipinski definition) is 2. The summed E-state index contributed by atoms with van der Waals surface area (Å²) >= 11 is 0. The zero-order valence-corrected chi connectivity index (χ0v) is 11.5. The largest absolute Gasteiger partial charge is 0.328 e. The van der Waals surface area contributed by atoms with Crippen molar-refractivity contribution >= 4 is 16.8 Å². The summed E-state index contributed by atoms with van der Waals surface area (Å²) in [6, 6.07) is 7.36. The molecular weight excluding hydrogens is 257 g/mol. The van der Waals surface area contributed by atoms with Gasteiger partial charge >= 0.3 is 0 Å². The molecule has 0 aliphatic carbocycles. The highest BCUT2D eigenvalue weighted by atomic mass is 19.1. The molecular formula is C15H16FN3O. The van der Waals surface area contributed by atoms with Crippen molar-refractivity contribution in [1.82, 2.24) is 14.4 Å². The number of alkyl halides is 1. The summed E-state index contributed by atoms with van der Waals surface area (Å²) in [5, 5.41) is 0. The molecule has 0 amide bonds. The van der Waals surface area contributed by atoms with Crippen molar-refractivity contribution < 1.29 is 4.39 Å². The van der Waals surface area contributed by atoms with Gasteiger partial charge in [-0.3, -0.25) is 4.79 Å². The zero-order valence-electron chi connectivity index (χ0n) is 11.5. The van der Waals surface area contributed by atoms with Crippen LogP contribution in [0.1, 0.15) is 37.4 Å². The number of nitrogens with zero attached hydrogens (tertiary/aromatic N) is 2. The van der Waals surface area contributed by atoms with Gasteiger partial charge in [0, 0.05) is 5.69 Å². The molecule has 3 aromatic rings. The molecule has 0 unspecified atom stereocenters. The van der Waals surface area contributed by atoms with Crippen LogP contribution in [0.5, 0.6) is 0 Å². The van der Waals surface area contributed by atoms with Crippen LogP contribution in [-0.4, -0.2) is 14.4 Å². The maximum Gasteiger partial charge on any atom is 0.265 e. The Morgan fingerprint density at radius 1 is 1.40 bits per heavy atom. The fourth-order valence-electron chi connectivity index (χ4n) is 2.52. The van der Waals surface area contributed by atoms with Crippen molar-refractivity contribution in [2.45, 2.75) is 32.9 Å². The van der Waals surface area contributed by atoms with E-state index in [1.165, 1.54) is 4.40 Å². The van der Waals surface area contributed by atoms with Gasteiger partial charge in [0.05, 0.1) is 16.6 Å². The summed E-state index contributed by atoms with van der Waals surface area (Å²) in [6.07, 6.45) is 0.833. The maximum atomic E-state index is 13.3. The number of nitrogens with one attached hydrogen (secondary N) is 1. The molecule has 0 saturated carbocycles. The predicted octanol–water partition coefficient (Wildman–Crippen LogP) is 3.16. The fraction of sp³-hybridized carbons (Fsp3) is 0.333. The highest BCUT2D eigenvalue weighted by molar-refractivity contribution is 5.79. The molecule has 0 bridgehead atoms. The maximum absolute atomic E-state index is 13.3. The molecule has 0 radical (unpaired) electrons. The van der Waals surface area contributed by atoms with Gasteiger partial charge in [-0.2, -0.15) is 0 Å². The van der Waals surface area contributed by atoms with Crippen molar-refractivity contribution in [2.24, 2.45) is 0 Å². The second-order valence-electron chi connectivity index (χ2n) is 5.02. The van der Waals surface area contributed by atoms with E-state index in [0.29, 0.717) is 17.0 Å². The molecule has 1 aromatic carbocycles. The van der Waals surface area contributed by atoms with E-state index in [4.69, 9.17) is 0 Å². The topological polar surface area (TPSA) is 50.2 Å². The number of imidazole rings is 1. The molecule has 0 fully saturated rings. The highest BCUT2D eigenvalue weighted by Gasteiger charge is 2.18. The Morgan fingerprint density at radius 3 is 2.85 bits per heavy atom. The Labute approximate surface area is 115 Å². The van der Waals surface area contributed by atoms with E-state index in [0.717, 1.165) is 11.9 Å². The Balaban J connectivity index is 2.46. The summed E-state index contributed by atoms with van der Waals surface area (Å²) in [5.74, 6) is 0.571. The normalized spacial score (nSPS) is 13.2. The van der Waals surface area contributed by atoms with Crippen molar-refractivity contribution in [1.29, 1.82) is 0 Å². The Hall–Kier alpha value is -2.17. The molecule has 2 aromatic heterocycles. The molecule has 5 heteroatoms. The van der Waals surface area contributed by atoms with Crippen LogP contribution in [0.15, 0.2) is 29.1 Å². The van der Waals surface area contributed by atoms with Crippen LogP contribution in [0.2, 0.25) is 0 Å². The van der Waals surface area contributed by atoms with Crippen molar-refractivity contribution in [2.75, 3.05) is 0 Å². The number of para-hydroxylation sites is 2. The molecule has 1 atom stereocenters. The van der Waals surface area contributed by atoms with Gasteiger partial charge in [0.2, 0.25) is 5.78 Å². The van der Waals surface area contributed by atoms with Gasteiger partial charge in [-0.25, -0.2) is 13.8 Å². The van der Waals surface area contributed by atoms with Gasteiger partial charge in [0.15, 0.2) is 0 Å². The van der Waals surface area contributed by atoms with Gasteiger partial charge in [0.1, 0.15) is 6.67 Å². The number of rotatable bonds is 3. The summed E-state index contributed by atoms with van der Waals surface area (Å²) in [5.41, 5.74) is 1.98. The Bertz CT molecular complexity index is 834. The van der Waals surface area contributed by atoms with Gasteiger partial charge in [-0.1, -0.05) is 26.0 Å². The van der Waals surface area contributed by atoms with Gasteiger partial charge in [-0.05, 0) is 24.5 Å². The molecule has 2 heterocycles. The van der Waals surface area contributed by atoms with Crippen LogP contribution in [-0.2, 0) is 6.67 Å². The standard InChI is InChI=1S/C15H16FN3O/c1-3-9(2)13-10(8-16)14(20)19-12-7-5-4-6-11(12)17-15(19)18-13/h4-7,9H,3,8H2,1-2H3,(H,17,18)/t9-/m1/s1. The van der Waals surface area contributed by atoms with Crippen LogP contribution >= 0.6 is 0 Å². The SMILES string of the molecule is CC[C@@H](C)c1[nH]c2nc3ccccc3n2c(=O)c1CF. The number of aromatic nitrogens is 3.